The summed E-state index contributed by atoms with van der Waals surface area (Å²) in [7, 11) is 4.73. The first-order valence-corrected chi connectivity index (χ1v) is 6.52. The van der Waals surface area contributed by atoms with Crippen molar-refractivity contribution in [3.05, 3.63) is 27.8 Å². The molecule has 3 heterocycles. The summed E-state index contributed by atoms with van der Waals surface area (Å²) in [4.78, 5) is 37.9. The van der Waals surface area contributed by atoms with Crippen molar-refractivity contribution in [2.45, 2.75) is 6.54 Å². The molecule has 0 fully saturated rings. The molecule has 0 bridgehead atoms. The second kappa shape index (κ2) is 4.44. The number of fused-ring (bicyclic) bond motifs is 3. The van der Waals surface area contributed by atoms with E-state index in [1.54, 1.807) is 18.7 Å². The first-order chi connectivity index (χ1) is 9.91. The van der Waals surface area contributed by atoms with Crippen LogP contribution in [0.1, 0.15) is 21.0 Å². The molecule has 8 nitrogen and oxygen atoms in total. The Balaban J connectivity index is 2.44. The molecule has 0 unspecified atom stereocenters. The van der Waals surface area contributed by atoms with Gasteiger partial charge in [-0.05, 0) is 6.07 Å². The summed E-state index contributed by atoms with van der Waals surface area (Å²) in [5.74, 6) is -0.551. The van der Waals surface area contributed by atoms with Gasteiger partial charge >= 0.3 is 0 Å². The maximum atomic E-state index is 12.3. The smallest absolute Gasteiger partial charge is 0.275 e. The summed E-state index contributed by atoms with van der Waals surface area (Å²) in [5, 5.41) is 7.15. The number of nitrogens with one attached hydrogen (secondary N) is 1. The molecule has 0 aromatic carbocycles. The van der Waals surface area contributed by atoms with Crippen molar-refractivity contribution in [1.29, 1.82) is 0 Å². The van der Waals surface area contributed by atoms with Crippen molar-refractivity contribution in [1.82, 2.24) is 24.6 Å². The molecule has 8 heteroatoms. The van der Waals surface area contributed by atoms with Gasteiger partial charge in [0.05, 0.1) is 10.9 Å². The third-order valence-corrected chi connectivity index (χ3v) is 3.56. The maximum absolute atomic E-state index is 12.3. The van der Waals surface area contributed by atoms with Crippen LogP contribution in [0.2, 0.25) is 0 Å². The minimum atomic E-state index is -0.324. The number of rotatable bonds is 1. The van der Waals surface area contributed by atoms with Crippen molar-refractivity contribution in [3.63, 3.8) is 0 Å². The van der Waals surface area contributed by atoms with Gasteiger partial charge in [-0.15, -0.1) is 0 Å². The summed E-state index contributed by atoms with van der Waals surface area (Å²) >= 11 is 0. The highest BCUT2D eigenvalue weighted by molar-refractivity contribution is 6.07. The first kappa shape index (κ1) is 13.3. The lowest BCUT2D eigenvalue weighted by Crippen LogP contribution is -2.35. The predicted molar refractivity (Wildman–Crippen MR) is 75.3 cm³/mol. The summed E-state index contributed by atoms with van der Waals surface area (Å²) in [6, 6.07) is 1.53. The lowest BCUT2D eigenvalue weighted by Gasteiger charge is -2.18. The van der Waals surface area contributed by atoms with Crippen molar-refractivity contribution in [2.24, 2.45) is 7.05 Å². The molecule has 0 saturated heterocycles. The topological polar surface area (TPSA) is 89.2 Å². The molecular formula is C13H15N5O3. The summed E-state index contributed by atoms with van der Waals surface area (Å²) in [6.07, 6.45) is 0. The van der Waals surface area contributed by atoms with Crippen LogP contribution in [0.4, 0.5) is 0 Å². The van der Waals surface area contributed by atoms with E-state index in [1.165, 1.54) is 18.0 Å². The molecule has 0 saturated carbocycles. The minimum absolute atomic E-state index is 0.179. The highest BCUT2D eigenvalue weighted by atomic mass is 16.2. The van der Waals surface area contributed by atoms with Gasteiger partial charge in [0.2, 0.25) is 0 Å². The fourth-order valence-electron chi connectivity index (χ4n) is 2.53. The van der Waals surface area contributed by atoms with E-state index in [0.29, 0.717) is 29.7 Å². The Morgan fingerprint density at radius 3 is 2.76 bits per heavy atom. The number of hydrogen-bond acceptors (Lipinski definition) is 4. The largest absolute Gasteiger partial charge is 0.349 e. The molecule has 1 aliphatic rings. The zero-order chi connectivity index (χ0) is 15.3. The molecule has 0 spiro atoms. The number of aryl methyl sites for hydroxylation is 1. The quantitative estimate of drug-likeness (QED) is 0.743. The van der Waals surface area contributed by atoms with Crippen molar-refractivity contribution in [2.75, 3.05) is 20.6 Å². The van der Waals surface area contributed by atoms with Crippen molar-refractivity contribution < 1.29 is 9.59 Å². The molecule has 2 amide bonds. The number of aromatic nitrogens is 3. The lowest BCUT2D eigenvalue weighted by molar-refractivity contribution is 0.0819. The van der Waals surface area contributed by atoms with E-state index < -0.39 is 0 Å². The van der Waals surface area contributed by atoms with Crippen LogP contribution >= 0.6 is 0 Å². The van der Waals surface area contributed by atoms with E-state index >= 15 is 0 Å². The minimum Gasteiger partial charge on any atom is -0.349 e. The molecule has 0 aliphatic carbocycles. The first-order valence-electron chi connectivity index (χ1n) is 6.52. The average molecular weight is 289 g/mol. The Kier molecular flexibility index (Phi) is 2.82. The summed E-state index contributed by atoms with van der Waals surface area (Å²) < 4.78 is 2.82. The van der Waals surface area contributed by atoms with E-state index in [4.69, 9.17) is 0 Å². The van der Waals surface area contributed by atoms with Gasteiger partial charge in [-0.1, -0.05) is 0 Å². The number of carbonyl (C=O) groups excluding carboxylic acids is 2. The Labute approximate surface area is 119 Å². The van der Waals surface area contributed by atoms with Crippen LogP contribution in [0, 0.1) is 0 Å². The highest BCUT2D eigenvalue weighted by Crippen LogP contribution is 2.22. The summed E-state index contributed by atoms with van der Waals surface area (Å²) in [5.41, 5.74) is 0.670. The monoisotopic (exact) mass is 289 g/mol. The van der Waals surface area contributed by atoms with Gasteiger partial charge in [-0.2, -0.15) is 5.10 Å². The van der Waals surface area contributed by atoms with Crippen LogP contribution in [0.5, 0.6) is 0 Å². The SMILES string of the molecule is CN(C)C(=O)c1nn(C)c(=O)c2cc3n(c12)CCNC3=O. The third-order valence-electron chi connectivity index (χ3n) is 3.56. The maximum Gasteiger partial charge on any atom is 0.275 e. The van der Waals surface area contributed by atoms with Gasteiger partial charge in [0.25, 0.3) is 17.4 Å². The van der Waals surface area contributed by atoms with Gasteiger partial charge in [0.1, 0.15) is 5.69 Å². The van der Waals surface area contributed by atoms with Gasteiger partial charge in [-0.3, -0.25) is 14.4 Å². The van der Waals surface area contributed by atoms with E-state index in [1.807, 2.05) is 0 Å². The van der Waals surface area contributed by atoms with Gasteiger partial charge in [0, 0.05) is 34.2 Å². The van der Waals surface area contributed by atoms with Crippen LogP contribution in [0.25, 0.3) is 10.9 Å². The van der Waals surface area contributed by atoms with Crippen LogP contribution in [0.3, 0.4) is 0 Å². The molecule has 1 N–H and O–H groups in total. The highest BCUT2D eigenvalue weighted by Gasteiger charge is 2.27. The Morgan fingerprint density at radius 2 is 2.10 bits per heavy atom. The molecule has 2 aromatic heterocycles. The molecular weight excluding hydrogens is 274 g/mol. The molecule has 1 aliphatic heterocycles. The molecule has 21 heavy (non-hydrogen) atoms. The molecule has 3 rings (SSSR count). The number of amides is 2. The second-order valence-corrected chi connectivity index (χ2v) is 5.18. The molecule has 2 aromatic rings. The van der Waals surface area contributed by atoms with Crippen molar-refractivity contribution >= 4 is 22.7 Å². The fraction of sp³-hybridized carbons (Fsp3) is 0.385. The van der Waals surface area contributed by atoms with Gasteiger partial charge < -0.3 is 14.8 Å². The number of hydrogen-bond donors (Lipinski definition) is 1. The van der Waals surface area contributed by atoms with Crippen LogP contribution in [-0.4, -0.2) is 51.7 Å². The number of nitrogens with zero attached hydrogens (tertiary/aromatic N) is 4. The van der Waals surface area contributed by atoms with Crippen molar-refractivity contribution in [3.8, 4) is 0 Å². The standard InChI is InChI=1S/C13H15N5O3/c1-16(2)13(21)9-10-7(12(20)17(3)15-9)6-8-11(19)14-4-5-18(8)10/h6H,4-5H2,1-3H3,(H,14,19). The Bertz CT molecular complexity index is 830. The molecule has 0 radical (unpaired) electrons. The van der Waals surface area contributed by atoms with E-state index in [-0.39, 0.29) is 23.1 Å². The lowest BCUT2D eigenvalue weighted by atomic mass is 10.2. The Morgan fingerprint density at radius 1 is 1.38 bits per heavy atom. The van der Waals surface area contributed by atoms with Gasteiger partial charge in [-0.25, -0.2) is 4.68 Å². The summed E-state index contributed by atoms with van der Waals surface area (Å²) in [6.45, 7) is 0.966. The zero-order valence-electron chi connectivity index (χ0n) is 12.0. The van der Waals surface area contributed by atoms with Gasteiger partial charge in [0.15, 0.2) is 5.69 Å². The average Bonchev–Trinajstić information content (AvgIpc) is 2.83. The normalized spacial score (nSPS) is 14.0. The Hall–Kier alpha value is -2.64. The third kappa shape index (κ3) is 1.83. The van der Waals surface area contributed by atoms with E-state index in [2.05, 4.69) is 10.4 Å². The molecule has 110 valence electrons. The van der Waals surface area contributed by atoms with E-state index in [0.717, 1.165) is 4.68 Å². The van der Waals surface area contributed by atoms with Crippen LogP contribution < -0.4 is 10.9 Å². The fourth-order valence-corrected chi connectivity index (χ4v) is 2.53. The zero-order valence-corrected chi connectivity index (χ0v) is 12.0. The van der Waals surface area contributed by atoms with Crippen LogP contribution in [0.15, 0.2) is 10.9 Å². The number of carbonyl (C=O) groups is 2. The predicted octanol–water partition coefficient (Wildman–Crippen LogP) is -0.820. The van der Waals surface area contributed by atoms with E-state index in [9.17, 15) is 14.4 Å². The van der Waals surface area contributed by atoms with Crippen LogP contribution in [-0.2, 0) is 13.6 Å². The second-order valence-electron chi connectivity index (χ2n) is 5.18. The molecule has 0 atom stereocenters.